The summed E-state index contributed by atoms with van der Waals surface area (Å²) >= 11 is 0. The highest BCUT2D eigenvalue weighted by Gasteiger charge is 2.37. The minimum absolute atomic E-state index is 0.202. The van der Waals surface area contributed by atoms with Crippen LogP contribution in [0.25, 0.3) is 0 Å². The number of aromatic nitrogens is 1. The third kappa shape index (κ3) is 2.49. The second-order valence-electron chi connectivity index (χ2n) is 5.76. The third-order valence-electron chi connectivity index (χ3n) is 4.19. The number of nitrogens with two attached hydrogens (primary N) is 1. The van der Waals surface area contributed by atoms with E-state index in [0.717, 1.165) is 6.42 Å². The fourth-order valence-corrected chi connectivity index (χ4v) is 3.06. The Morgan fingerprint density at radius 3 is 2.88 bits per heavy atom. The van der Waals surface area contributed by atoms with Crippen molar-refractivity contribution in [1.29, 1.82) is 0 Å². The lowest BCUT2D eigenvalue weighted by Gasteiger charge is -2.42. The predicted molar refractivity (Wildman–Crippen MR) is 66.9 cm³/mol. The molecule has 1 heterocycles. The van der Waals surface area contributed by atoms with Crippen LogP contribution in [0.5, 0.6) is 0 Å². The van der Waals surface area contributed by atoms with E-state index in [1.54, 1.807) is 12.3 Å². The summed E-state index contributed by atoms with van der Waals surface area (Å²) in [7, 11) is 0. The molecule has 2 unspecified atom stereocenters. The van der Waals surface area contributed by atoms with E-state index < -0.39 is 0 Å². The van der Waals surface area contributed by atoms with Gasteiger partial charge in [0.2, 0.25) is 0 Å². The number of nitrogens with zero attached hydrogens (tertiary/aromatic N) is 1. The van der Waals surface area contributed by atoms with Gasteiger partial charge < -0.3 is 5.73 Å². The Labute approximate surface area is 102 Å². The van der Waals surface area contributed by atoms with Gasteiger partial charge >= 0.3 is 0 Å². The lowest BCUT2D eigenvalue weighted by Crippen LogP contribution is -2.36. The summed E-state index contributed by atoms with van der Waals surface area (Å²) < 4.78 is 13.7. The van der Waals surface area contributed by atoms with Gasteiger partial charge in [0.1, 0.15) is 5.82 Å². The summed E-state index contributed by atoms with van der Waals surface area (Å²) in [5, 5.41) is 0. The van der Waals surface area contributed by atoms with E-state index in [-0.39, 0.29) is 17.3 Å². The van der Waals surface area contributed by atoms with Crippen molar-refractivity contribution in [3.8, 4) is 0 Å². The Kier molecular flexibility index (Phi) is 3.48. The number of rotatable bonds is 2. The molecule has 17 heavy (non-hydrogen) atoms. The quantitative estimate of drug-likeness (QED) is 0.854. The van der Waals surface area contributed by atoms with Crippen LogP contribution in [0.3, 0.4) is 0 Å². The molecular formula is C14H21FN2. The molecule has 1 aromatic rings. The highest BCUT2D eigenvalue weighted by molar-refractivity contribution is 5.18. The lowest BCUT2D eigenvalue weighted by molar-refractivity contribution is 0.111. The lowest BCUT2D eigenvalue weighted by atomic mass is 9.65. The molecule has 0 spiro atoms. The maximum atomic E-state index is 13.7. The SMILES string of the molecule is CC1(C)CCCCC1C(N)c1ccncc1F. The van der Waals surface area contributed by atoms with Gasteiger partial charge in [0.05, 0.1) is 6.20 Å². The van der Waals surface area contributed by atoms with Gasteiger partial charge in [-0.25, -0.2) is 4.39 Å². The fraction of sp³-hybridized carbons (Fsp3) is 0.643. The summed E-state index contributed by atoms with van der Waals surface area (Å²) in [6.45, 7) is 4.49. The van der Waals surface area contributed by atoms with Gasteiger partial charge in [0.25, 0.3) is 0 Å². The van der Waals surface area contributed by atoms with Crippen LogP contribution in [0.15, 0.2) is 18.5 Å². The average molecular weight is 236 g/mol. The van der Waals surface area contributed by atoms with Gasteiger partial charge in [-0.3, -0.25) is 4.98 Å². The zero-order valence-corrected chi connectivity index (χ0v) is 10.6. The molecule has 0 saturated heterocycles. The molecule has 0 radical (unpaired) electrons. The Hall–Kier alpha value is -0.960. The number of hydrogen-bond acceptors (Lipinski definition) is 2. The van der Waals surface area contributed by atoms with E-state index in [1.807, 2.05) is 0 Å². The van der Waals surface area contributed by atoms with Crippen LogP contribution in [0, 0.1) is 17.2 Å². The van der Waals surface area contributed by atoms with Crippen molar-refractivity contribution >= 4 is 0 Å². The molecule has 1 aromatic heterocycles. The van der Waals surface area contributed by atoms with Crippen molar-refractivity contribution in [3.63, 3.8) is 0 Å². The van der Waals surface area contributed by atoms with E-state index in [9.17, 15) is 4.39 Å². The number of halogens is 1. The maximum Gasteiger partial charge on any atom is 0.146 e. The summed E-state index contributed by atoms with van der Waals surface area (Å²) in [4.78, 5) is 3.78. The summed E-state index contributed by atoms with van der Waals surface area (Å²) in [5.41, 5.74) is 7.09. The summed E-state index contributed by atoms with van der Waals surface area (Å²) in [5.74, 6) is 0.0783. The Morgan fingerprint density at radius 1 is 1.47 bits per heavy atom. The first-order valence-corrected chi connectivity index (χ1v) is 6.37. The first-order valence-electron chi connectivity index (χ1n) is 6.37. The molecule has 1 aliphatic carbocycles. The molecule has 2 nitrogen and oxygen atoms in total. The summed E-state index contributed by atoms with van der Waals surface area (Å²) in [6, 6.07) is 1.50. The monoisotopic (exact) mass is 236 g/mol. The van der Waals surface area contributed by atoms with Crippen LogP contribution in [0.2, 0.25) is 0 Å². The van der Waals surface area contributed by atoms with Crippen LogP contribution in [-0.4, -0.2) is 4.98 Å². The summed E-state index contributed by atoms with van der Waals surface area (Å²) in [6.07, 6.45) is 7.61. The van der Waals surface area contributed by atoms with Gasteiger partial charge in [0.15, 0.2) is 0 Å². The normalized spacial score (nSPS) is 25.5. The molecule has 1 aliphatic rings. The van der Waals surface area contributed by atoms with Gasteiger partial charge in [-0.05, 0) is 30.2 Å². The average Bonchev–Trinajstić information content (AvgIpc) is 2.28. The first-order chi connectivity index (χ1) is 8.02. The van der Waals surface area contributed by atoms with Crippen molar-refractivity contribution in [1.82, 2.24) is 4.98 Å². The van der Waals surface area contributed by atoms with Crippen molar-refractivity contribution in [2.75, 3.05) is 0 Å². The highest BCUT2D eigenvalue weighted by atomic mass is 19.1. The second kappa shape index (κ2) is 4.73. The van der Waals surface area contributed by atoms with Gasteiger partial charge in [-0.1, -0.05) is 26.7 Å². The van der Waals surface area contributed by atoms with Gasteiger partial charge in [-0.15, -0.1) is 0 Å². The molecule has 0 amide bonds. The number of pyridine rings is 1. The Bertz CT molecular complexity index is 390. The van der Waals surface area contributed by atoms with E-state index in [2.05, 4.69) is 18.8 Å². The standard InChI is InChI=1S/C14H21FN2/c1-14(2)7-4-3-5-11(14)13(16)10-6-8-17-9-12(10)15/h6,8-9,11,13H,3-5,7,16H2,1-2H3. The number of hydrogen-bond donors (Lipinski definition) is 1. The van der Waals surface area contributed by atoms with Crippen LogP contribution in [0.4, 0.5) is 4.39 Å². The molecule has 1 fully saturated rings. The maximum absolute atomic E-state index is 13.7. The molecule has 94 valence electrons. The van der Waals surface area contributed by atoms with Crippen LogP contribution >= 0.6 is 0 Å². The van der Waals surface area contributed by atoms with E-state index >= 15 is 0 Å². The minimum Gasteiger partial charge on any atom is -0.324 e. The molecule has 2 rings (SSSR count). The molecule has 0 bridgehead atoms. The molecule has 0 aromatic carbocycles. The van der Waals surface area contributed by atoms with Crippen LogP contribution in [0.1, 0.15) is 51.1 Å². The highest BCUT2D eigenvalue weighted by Crippen LogP contribution is 2.46. The first kappa shape index (κ1) is 12.5. The van der Waals surface area contributed by atoms with E-state index in [1.165, 1.54) is 25.5 Å². The predicted octanol–water partition coefficient (Wildman–Crippen LogP) is 3.44. The third-order valence-corrected chi connectivity index (χ3v) is 4.19. The largest absolute Gasteiger partial charge is 0.324 e. The molecule has 2 N–H and O–H groups in total. The molecule has 1 saturated carbocycles. The Morgan fingerprint density at radius 2 is 2.24 bits per heavy atom. The molecule has 2 atom stereocenters. The van der Waals surface area contributed by atoms with Crippen molar-refractivity contribution in [3.05, 3.63) is 29.8 Å². The van der Waals surface area contributed by atoms with E-state index in [0.29, 0.717) is 11.5 Å². The molecule has 0 aliphatic heterocycles. The van der Waals surface area contributed by atoms with Crippen LogP contribution < -0.4 is 5.73 Å². The van der Waals surface area contributed by atoms with Gasteiger partial charge in [-0.2, -0.15) is 0 Å². The molecular weight excluding hydrogens is 215 g/mol. The van der Waals surface area contributed by atoms with Crippen molar-refractivity contribution in [2.45, 2.75) is 45.6 Å². The van der Waals surface area contributed by atoms with E-state index in [4.69, 9.17) is 5.73 Å². The second-order valence-corrected chi connectivity index (χ2v) is 5.76. The minimum atomic E-state index is -0.277. The molecule has 3 heteroatoms. The topological polar surface area (TPSA) is 38.9 Å². The van der Waals surface area contributed by atoms with Crippen molar-refractivity contribution < 1.29 is 4.39 Å². The zero-order chi connectivity index (χ0) is 12.5. The van der Waals surface area contributed by atoms with Gasteiger partial charge in [0, 0.05) is 17.8 Å². The van der Waals surface area contributed by atoms with Crippen LogP contribution in [-0.2, 0) is 0 Å². The zero-order valence-electron chi connectivity index (χ0n) is 10.6. The van der Waals surface area contributed by atoms with Crippen molar-refractivity contribution in [2.24, 2.45) is 17.1 Å². The Balaban J connectivity index is 2.25. The fourth-order valence-electron chi connectivity index (χ4n) is 3.06. The smallest absolute Gasteiger partial charge is 0.146 e.